The van der Waals surface area contributed by atoms with Gasteiger partial charge in [0.05, 0.1) is 22.5 Å². The molecule has 0 amide bonds. The fourth-order valence-electron chi connectivity index (χ4n) is 4.25. The number of benzene rings is 3. The molecule has 0 bridgehead atoms. The number of halogens is 2. The van der Waals surface area contributed by atoms with Crippen LogP contribution in [-0.2, 0) is 13.0 Å². The van der Waals surface area contributed by atoms with Gasteiger partial charge in [-0.05, 0) is 71.5 Å². The summed E-state index contributed by atoms with van der Waals surface area (Å²) in [4.78, 5) is 17.4. The van der Waals surface area contributed by atoms with Crippen LogP contribution in [0.4, 0.5) is 8.78 Å². The van der Waals surface area contributed by atoms with Gasteiger partial charge >= 0.3 is 4.87 Å². The van der Waals surface area contributed by atoms with Crippen molar-refractivity contribution in [2.75, 3.05) is 0 Å². The van der Waals surface area contributed by atoms with Crippen LogP contribution in [0, 0.1) is 11.6 Å². The van der Waals surface area contributed by atoms with Crippen LogP contribution in [0.1, 0.15) is 30.9 Å². The van der Waals surface area contributed by atoms with E-state index < -0.39 is 11.6 Å². The summed E-state index contributed by atoms with van der Waals surface area (Å²) in [5.41, 5.74) is 5.93. The Balaban J connectivity index is 1.46. The molecule has 3 aromatic carbocycles. The molecule has 5 aromatic rings. The average molecular weight is 487 g/mol. The van der Waals surface area contributed by atoms with Crippen molar-refractivity contribution < 1.29 is 8.78 Å². The lowest BCUT2D eigenvalue weighted by Gasteiger charge is -2.09. The van der Waals surface area contributed by atoms with Crippen molar-refractivity contribution in [3.8, 4) is 22.4 Å². The van der Waals surface area contributed by atoms with Crippen molar-refractivity contribution in [1.29, 1.82) is 0 Å². The molecule has 5 rings (SSSR count). The fourth-order valence-corrected chi connectivity index (χ4v) is 5.12. The van der Waals surface area contributed by atoms with Crippen LogP contribution in [0.2, 0.25) is 0 Å². The first-order chi connectivity index (χ1) is 17.0. The maximum Gasteiger partial charge on any atom is 0.308 e. The Hall–Kier alpha value is -3.64. The van der Waals surface area contributed by atoms with Crippen LogP contribution < -0.4 is 4.87 Å². The van der Waals surface area contributed by atoms with Crippen LogP contribution in [0.15, 0.2) is 83.8 Å². The lowest BCUT2D eigenvalue weighted by molar-refractivity contribution is 0.584. The van der Waals surface area contributed by atoms with Gasteiger partial charge in [0, 0.05) is 17.8 Å². The maximum absolute atomic E-state index is 13.8. The minimum Gasteiger partial charge on any atom is -0.294 e. The van der Waals surface area contributed by atoms with Gasteiger partial charge in [-0.25, -0.2) is 8.78 Å². The zero-order valence-corrected chi connectivity index (χ0v) is 20.1. The molecule has 0 radical (unpaired) electrons. The highest BCUT2D eigenvalue weighted by molar-refractivity contribution is 7.16. The predicted molar refractivity (Wildman–Crippen MR) is 139 cm³/mol. The molecule has 176 valence electrons. The van der Waals surface area contributed by atoms with Gasteiger partial charge in [-0.3, -0.25) is 14.3 Å². The molecule has 0 spiro atoms. The third-order valence-corrected chi connectivity index (χ3v) is 7.03. The van der Waals surface area contributed by atoms with E-state index in [0.29, 0.717) is 17.7 Å². The Bertz CT molecular complexity index is 1530. The molecule has 0 aliphatic carbocycles. The highest BCUT2D eigenvalue weighted by atomic mass is 32.1. The number of hydrogen-bond donors (Lipinski definition) is 0. The summed E-state index contributed by atoms with van der Waals surface area (Å²) in [5, 5.41) is 0. The first-order valence-electron chi connectivity index (χ1n) is 11.6. The van der Waals surface area contributed by atoms with E-state index in [2.05, 4.69) is 24.0 Å². The summed E-state index contributed by atoms with van der Waals surface area (Å²) in [6.45, 7) is 2.57. The molecular formula is C29H24F2N2OS. The number of unbranched alkanes of at least 4 members (excludes halogenated alkanes) is 1. The predicted octanol–water partition coefficient (Wildman–Crippen LogP) is 7.46. The molecule has 0 atom stereocenters. The summed E-state index contributed by atoms with van der Waals surface area (Å²) in [5.74, 6) is -1.27. The van der Waals surface area contributed by atoms with Gasteiger partial charge in [0.15, 0.2) is 0 Å². The second-order valence-corrected chi connectivity index (χ2v) is 9.64. The highest BCUT2D eigenvalue weighted by Crippen LogP contribution is 2.28. The van der Waals surface area contributed by atoms with E-state index >= 15 is 0 Å². The Labute approximate surface area is 206 Å². The SMILES string of the molecule is CCCCc1ccc(-c2cccc(Cn3c(=O)sc4ccc(-c5cc(F)cc(F)c5)cc43)c2)nc1. The molecule has 3 nitrogen and oxygen atoms in total. The van der Waals surface area contributed by atoms with E-state index in [0.717, 1.165) is 63.7 Å². The van der Waals surface area contributed by atoms with Gasteiger partial charge < -0.3 is 0 Å². The van der Waals surface area contributed by atoms with Crippen LogP contribution in [0.3, 0.4) is 0 Å². The molecule has 0 unspecified atom stereocenters. The molecule has 0 aliphatic rings. The second-order valence-electron chi connectivity index (χ2n) is 8.65. The number of nitrogens with zero attached hydrogens (tertiary/aromatic N) is 2. The first kappa shape index (κ1) is 23.1. The third kappa shape index (κ3) is 5.08. The molecule has 2 aromatic heterocycles. The largest absolute Gasteiger partial charge is 0.308 e. The monoisotopic (exact) mass is 486 g/mol. The number of fused-ring (bicyclic) bond motifs is 1. The van der Waals surface area contributed by atoms with Gasteiger partial charge in [-0.15, -0.1) is 0 Å². The molecule has 0 saturated carbocycles. The Morgan fingerprint density at radius 2 is 1.69 bits per heavy atom. The van der Waals surface area contributed by atoms with E-state index in [1.807, 2.05) is 42.6 Å². The van der Waals surface area contributed by atoms with Crippen molar-refractivity contribution in [2.45, 2.75) is 32.7 Å². The van der Waals surface area contributed by atoms with Crippen LogP contribution in [0.25, 0.3) is 32.6 Å². The minimum atomic E-state index is -0.633. The summed E-state index contributed by atoms with van der Waals surface area (Å²) in [6.07, 6.45) is 5.27. The summed E-state index contributed by atoms with van der Waals surface area (Å²) in [7, 11) is 0. The molecule has 0 saturated heterocycles. The van der Waals surface area contributed by atoms with Crippen molar-refractivity contribution in [3.63, 3.8) is 0 Å². The highest BCUT2D eigenvalue weighted by Gasteiger charge is 2.12. The van der Waals surface area contributed by atoms with Gasteiger partial charge in [-0.2, -0.15) is 0 Å². The number of thiazole rings is 1. The van der Waals surface area contributed by atoms with Gasteiger partial charge in [0.2, 0.25) is 0 Å². The van der Waals surface area contributed by atoms with Gasteiger partial charge in [0.1, 0.15) is 11.6 Å². The number of aromatic nitrogens is 2. The molecular weight excluding hydrogens is 462 g/mol. The van der Waals surface area contributed by atoms with Crippen LogP contribution in [0.5, 0.6) is 0 Å². The van der Waals surface area contributed by atoms with E-state index in [1.165, 1.54) is 17.7 Å². The zero-order chi connectivity index (χ0) is 24.4. The Kier molecular flexibility index (Phi) is 6.55. The van der Waals surface area contributed by atoms with Crippen molar-refractivity contribution in [3.05, 3.63) is 111 Å². The molecule has 0 fully saturated rings. The minimum absolute atomic E-state index is 0.0774. The van der Waals surface area contributed by atoms with E-state index in [4.69, 9.17) is 0 Å². The lowest BCUT2D eigenvalue weighted by Crippen LogP contribution is -2.13. The molecule has 6 heteroatoms. The van der Waals surface area contributed by atoms with Crippen molar-refractivity contribution in [2.24, 2.45) is 0 Å². The smallest absolute Gasteiger partial charge is 0.294 e. The van der Waals surface area contributed by atoms with E-state index in [9.17, 15) is 13.6 Å². The normalized spacial score (nSPS) is 11.3. The van der Waals surface area contributed by atoms with Crippen molar-refractivity contribution in [1.82, 2.24) is 9.55 Å². The van der Waals surface area contributed by atoms with Crippen LogP contribution >= 0.6 is 11.3 Å². The van der Waals surface area contributed by atoms with E-state index in [-0.39, 0.29) is 4.87 Å². The molecule has 0 aliphatic heterocycles. The second kappa shape index (κ2) is 9.92. The zero-order valence-electron chi connectivity index (χ0n) is 19.3. The summed E-state index contributed by atoms with van der Waals surface area (Å²) >= 11 is 1.16. The molecule has 35 heavy (non-hydrogen) atoms. The molecule has 2 heterocycles. The number of aryl methyl sites for hydroxylation is 1. The Morgan fingerprint density at radius 1 is 0.857 bits per heavy atom. The van der Waals surface area contributed by atoms with Crippen molar-refractivity contribution >= 4 is 21.6 Å². The summed E-state index contributed by atoms with van der Waals surface area (Å²) < 4.78 is 30.0. The van der Waals surface area contributed by atoms with Gasteiger partial charge in [-0.1, -0.05) is 55.0 Å². The third-order valence-electron chi connectivity index (χ3n) is 6.07. The number of hydrogen-bond acceptors (Lipinski definition) is 3. The first-order valence-corrected chi connectivity index (χ1v) is 12.5. The topological polar surface area (TPSA) is 34.9 Å². The van der Waals surface area contributed by atoms with E-state index in [1.54, 1.807) is 10.6 Å². The maximum atomic E-state index is 13.8. The average Bonchev–Trinajstić information content (AvgIpc) is 3.16. The Morgan fingerprint density at radius 3 is 2.43 bits per heavy atom. The van der Waals surface area contributed by atoms with Crippen LogP contribution in [-0.4, -0.2) is 9.55 Å². The number of pyridine rings is 1. The molecule has 0 N–H and O–H groups in total. The lowest BCUT2D eigenvalue weighted by atomic mass is 10.0. The number of rotatable bonds is 7. The quantitative estimate of drug-likeness (QED) is 0.239. The van der Waals surface area contributed by atoms with Gasteiger partial charge in [0.25, 0.3) is 0 Å². The fraction of sp³-hybridized carbons (Fsp3) is 0.172. The summed E-state index contributed by atoms with van der Waals surface area (Å²) in [6, 6.07) is 21.1. The standard InChI is InChI=1S/C29H24F2N2OS/c1-2-3-5-19-8-10-26(32-17-19)22-7-4-6-20(12-22)18-33-27-15-21(9-11-28(27)35-29(33)34)23-13-24(30)16-25(31)14-23/h4,6-17H,2-3,5,18H2,1H3.